The molecule has 5 aromatic carbocycles. The van der Waals surface area contributed by atoms with E-state index in [0.29, 0.717) is 6.98 Å². The minimum atomic E-state index is -0.655. The molecule has 788 valence electrons. The van der Waals surface area contributed by atoms with Crippen molar-refractivity contribution in [3.8, 4) is 0 Å². The van der Waals surface area contributed by atoms with Gasteiger partial charge < -0.3 is 9.62 Å². The third-order valence-corrected chi connectivity index (χ3v) is 89.8. The summed E-state index contributed by atoms with van der Waals surface area (Å²) in [4.78, 5) is 16.0. The number of aromatic nitrogens is 2. The van der Waals surface area contributed by atoms with Crippen LogP contribution in [0.2, 0.25) is 0 Å². The summed E-state index contributed by atoms with van der Waals surface area (Å²) in [7, 11) is 4.63. The van der Waals surface area contributed by atoms with Crippen molar-refractivity contribution in [2.75, 3.05) is 34.1 Å². The molecule has 13 heterocycles. The summed E-state index contributed by atoms with van der Waals surface area (Å²) in [5.74, 6) is 1.74. The Balaban J connectivity index is 0.000000232. The molecule has 0 N–H and O–H groups in total. The quantitative estimate of drug-likeness (QED) is 0.0400. The van der Waals surface area contributed by atoms with Crippen molar-refractivity contribution in [1.82, 2.24) is 19.6 Å². The van der Waals surface area contributed by atoms with Crippen LogP contribution in [0.5, 0.6) is 0 Å². The molecule has 26 atom stereocenters. The molecule has 5 nitrogen and oxygen atoms in total. The van der Waals surface area contributed by atoms with Crippen LogP contribution in [-0.2, 0) is 108 Å². The average molecular weight is 2380 g/mol. The Morgan fingerprint density at radius 3 is 0.858 bits per heavy atom. The summed E-state index contributed by atoms with van der Waals surface area (Å²) in [5, 5.41) is 11.4. The van der Waals surface area contributed by atoms with Crippen molar-refractivity contribution in [2.45, 2.75) is 519 Å². The summed E-state index contributed by atoms with van der Waals surface area (Å²) in [6.07, 6.45) is 49.0. The van der Waals surface area contributed by atoms with Crippen LogP contribution in [0.4, 0.5) is 0 Å². The number of rotatable bonds is 26. The maximum absolute atomic E-state index is 6.62. The smallest absolute Gasteiger partial charge is 0.327 e. The Morgan fingerprint density at radius 2 is 0.532 bits per heavy atom. The molecule has 12 saturated heterocycles. The molecule has 2 unspecified atom stereocenters. The Bertz CT molecular complexity index is 4220. The van der Waals surface area contributed by atoms with Gasteiger partial charge in [0.15, 0.2) is 27.5 Å². The minimum absolute atomic E-state index is 0. The molecule has 0 bridgehead atoms. The first-order valence-electron chi connectivity index (χ1n) is 57.4. The maximum atomic E-state index is 6.62. The minimum Gasteiger partial charge on any atom is -0.327 e. The van der Waals surface area contributed by atoms with Crippen molar-refractivity contribution in [2.24, 2.45) is 0 Å². The number of hydrogen-bond donors (Lipinski definition) is 0. The molecule has 0 radical (unpaired) electrons. The number of hydrogen-bond acceptors (Lipinski definition) is 5. The van der Waals surface area contributed by atoms with Crippen LogP contribution >= 0.6 is 95.5 Å². The van der Waals surface area contributed by atoms with Gasteiger partial charge in [-0.2, -0.15) is 0 Å². The Morgan fingerprint density at radius 1 is 0.277 bits per heavy atom. The summed E-state index contributed by atoms with van der Waals surface area (Å²) < 4.78 is 6.62. The fourth-order valence-corrected chi connectivity index (χ4v) is 89.6. The molecule has 0 spiro atoms. The monoisotopic (exact) mass is 2380 g/mol. The van der Waals surface area contributed by atoms with Gasteiger partial charge >= 0.3 is 6.98 Å². The van der Waals surface area contributed by atoms with E-state index in [4.69, 9.17) is 14.3 Å². The maximum Gasteiger partial charge on any atom is 0.404 e. The first-order valence-corrected chi connectivity index (χ1v) is 77.7. The van der Waals surface area contributed by atoms with Crippen molar-refractivity contribution in [3.63, 3.8) is 0 Å². The van der Waals surface area contributed by atoms with E-state index >= 15 is 0 Å². The van der Waals surface area contributed by atoms with Crippen LogP contribution in [0, 0.1) is 0 Å². The Hall–Kier alpha value is 4.00. The number of nitrogens with zero attached hydrogens (tertiary/aromatic N) is 4. The normalized spacial score (nSPS) is 32.7. The standard InChI is InChI=1S/C29H36P2.C24H36N2P2.C22H36P2.C17H37BN2P2.C13H26P2.C12H24OP2.6Cr/c1-4-25-16-15-21(3)30(25)28-19-23-13-9-10-14-24(23)20-29(28)31-26(5-2)17-18-27(31)22-11-7-6-8-12-22;1-5-17-13-14-18(6-2)27(17)23-24(26-22-12-10-9-11-21(22)25-23)28-19(7-3)15-16-20(28)8-4;1-5-17-13-14-18(6-2)23(17)21-11-9-10-12-22(21)24-19(7-3)15-16-20(24)8-4;1-13-9-10-14(2)21(13)17(18(19(5)6)20(7)8)22-15(3)11-12-16(22)4;1-10-5-6-11(2)14(10)9-15-12(3)7-8-13(15)4;1-9-5-6-10(2)14(9)13-15-11(3)7-8-12(15)4;;;;;;/h6-14,19-21,25-27H,4-5,15-18H2,1-3H3;9-12,17-20H,5-8,13-16H2,1-4H3;9-12,17-20H,5-8,13-16H2,1-4H3;13-17H,9-12H2,1-8H3;10-13H,5-9H2,1-4H3;9-12H,5-8H2,1-4H3;;;;;;/p+12/t21-,25-,26-,27+,30?,31?;2*17-,18-,19-,20-;13-,14-,15-,16-;10-,11-,12-,13-;9-,10-,11-,12-;;;;;;/m111111....../s1. The largest absolute Gasteiger partial charge is 0.404 e. The summed E-state index contributed by atoms with van der Waals surface area (Å²) in [6.45, 7) is 57.8. The summed E-state index contributed by atoms with van der Waals surface area (Å²) >= 11 is 0. The van der Waals surface area contributed by atoms with Gasteiger partial charge in [0.1, 0.15) is 21.2 Å². The van der Waals surface area contributed by atoms with E-state index in [-0.39, 0.29) is 152 Å². The van der Waals surface area contributed by atoms with Crippen LogP contribution in [0.1, 0.15) is 389 Å². The van der Waals surface area contributed by atoms with Crippen LogP contribution in [-0.4, -0.2) is 196 Å². The number of benzene rings is 5. The van der Waals surface area contributed by atoms with E-state index in [1.807, 2.05) is 21.2 Å². The third-order valence-electron chi connectivity index (χ3n) is 38.5. The molecule has 24 heteroatoms. The van der Waals surface area contributed by atoms with Gasteiger partial charge in [0.2, 0.25) is 10.9 Å². The molecular formula is C117H207BCr6N4OP12+12. The topological polar surface area (TPSA) is 41.5 Å². The van der Waals surface area contributed by atoms with E-state index in [0.717, 1.165) is 152 Å². The second kappa shape index (κ2) is 64.3. The van der Waals surface area contributed by atoms with Gasteiger partial charge in [0.25, 0.3) is 0 Å². The SMILES string of the molecule is CC[C@@H]1CC[C@@H](C)[PH+]1c1cc2ccccc2cc1[PH+]1[C@H](CC)CC[C@H]1c1ccccc1.CC[C@@H]1CC[C@@H](CC)[PH+]1c1ccccc1[PH+]1[C@H](CC)CC[C@H]1CC.CC[C@@H]1CC[C@@H](CC)[PH+]1c1nc2ccccc2nc1[PH+]1[C@H](CC)CC[C@H]1CC.C[C@@H]1CC[C@@H](C)[PH+]1C(B(N(C)C)N(C)C)[PH+]1[C@H](C)CC[C@H]1C.C[C@@H]1CC[C@@H](C)[PH+]1C[PH+]1[C@H](C)CC[C@H]1C.C[C@@H]1CC[C@@H](C)[PH+]1O[PH+]1[C@H](C)CC[C@H]1C.[Cr].[Cr].[Cr].[Cr].[Cr].[Cr]. The third kappa shape index (κ3) is 32.0. The Kier molecular flexibility index (Phi) is 60.1. The molecule has 12 fully saturated rings. The molecule has 6 aromatic rings. The fourth-order valence-electron chi connectivity index (χ4n) is 30.4. The first kappa shape index (κ1) is 132. The van der Waals surface area contributed by atoms with Gasteiger partial charge in [-0.1, -0.05) is 148 Å². The first-order chi connectivity index (χ1) is 65.1. The molecule has 1 aromatic heterocycles. The average Bonchev–Trinajstić information content (AvgIpc) is 1.67. The molecule has 12 aliphatic heterocycles. The predicted octanol–water partition coefficient (Wildman–Crippen LogP) is 32.8. The van der Waals surface area contributed by atoms with Gasteiger partial charge in [0.05, 0.1) is 163 Å². The number of para-hydroxylation sites is 2. The zero-order valence-electron chi connectivity index (χ0n) is 93.9. The molecule has 141 heavy (non-hydrogen) atoms. The zero-order chi connectivity index (χ0) is 96.7. The predicted molar refractivity (Wildman–Crippen MR) is 654 cm³/mol. The fraction of sp³-hybridized carbons (Fsp3) is 0.744. The van der Waals surface area contributed by atoms with E-state index in [2.05, 4.69) is 312 Å². The van der Waals surface area contributed by atoms with E-state index in [1.54, 1.807) is 37.1 Å². The van der Waals surface area contributed by atoms with Crippen molar-refractivity contribution in [3.05, 3.63) is 121 Å². The van der Waals surface area contributed by atoms with Gasteiger partial charge in [-0.05, 0) is 389 Å². The number of fused-ring (bicyclic) bond motifs is 2. The van der Waals surface area contributed by atoms with Crippen LogP contribution in [0.3, 0.4) is 0 Å². The second-order valence-corrected chi connectivity index (χ2v) is 87.3. The van der Waals surface area contributed by atoms with Gasteiger partial charge in [-0.25, -0.2) is 9.97 Å². The van der Waals surface area contributed by atoms with Gasteiger partial charge in [-0.3, -0.25) is 0 Å². The van der Waals surface area contributed by atoms with E-state index in [1.165, 1.54) is 214 Å². The van der Waals surface area contributed by atoms with E-state index < -0.39 is 48.0 Å². The van der Waals surface area contributed by atoms with E-state index in [9.17, 15) is 0 Å². The molecule has 0 saturated carbocycles. The summed E-state index contributed by atoms with van der Waals surface area (Å²) in [6, 6.07) is 44.5. The van der Waals surface area contributed by atoms with Crippen LogP contribution in [0.15, 0.2) is 115 Å². The van der Waals surface area contributed by atoms with Crippen LogP contribution in [0.25, 0.3) is 21.8 Å². The zero-order valence-corrected chi connectivity index (χ0v) is 114. The Labute approximate surface area is 948 Å². The van der Waals surface area contributed by atoms with Gasteiger partial charge in [-0.15, -0.1) is 4.31 Å². The van der Waals surface area contributed by atoms with Crippen molar-refractivity contribution < 1.29 is 108 Å². The molecular weight excluding hydrogens is 2170 g/mol. The molecule has 0 amide bonds. The van der Waals surface area contributed by atoms with Gasteiger partial charge in [0, 0.05) is 168 Å². The second-order valence-electron chi connectivity index (χ2n) is 47.1. The molecule has 12 aliphatic rings. The summed E-state index contributed by atoms with van der Waals surface area (Å²) in [5.41, 5.74) is 30.4. The van der Waals surface area contributed by atoms with Crippen molar-refractivity contribution in [1.29, 1.82) is 0 Å². The molecule has 0 aliphatic carbocycles. The van der Waals surface area contributed by atoms with Crippen LogP contribution < -0.4 is 32.1 Å². The molecule has 18 rings (SSSR count). The van der Waals surface area contributed by atoms with Crippen molar-refractivity contribution >= 4 is 156 Å².